The number of hydrogen-bond donors (Lipinski definition) is 2. The van der Waals surface area contributed by atoms with E-state index in [4.69, 9.17) is 0 Å². The highest BCUT2D eigenvalue weighted by Gasteiger charge is 2.28. The van der Waals surface area contributed by atoms with Crippen LogP contribution in [0.2, 0.25) is 0 Å². The van der Waals surface area contributed by atoms with E-state index in [9.17, 15) is 4.79 Å². The Balaban J connectivity index is 1.90. The summed E-state index contributed by atoms with van der Waals surface area (Å²) in [7, 11) is 0. The number of hydrogen-bond acceptors (Lipinski definition) is 3. The van der Waals surface area contributed by atoms with Gasteiger partial charge in [0.2, 0.25) is 5.91 Å². The van der Waals surface area contributed by atoms with Crippen LogP contribution in [-0.4, -0.2) is 30.2 Å². The number of benzene rings is 1. The third-order valence-corrected chi connectivity index (χ3v) is 5.47. The molecule has 1 amide bonds. The molecule has 1 atom stereocenters. The van der Waals surface area contributed by atoms with Gasteiger partial charge in [-0.05, 0) is 68.3 Å². The lowest BCUT2D eigenvalue weighted by molar-refractivity contribution is -0.129. The molecule has 108 valence electrons. The van der Waals surface area contributed by atoms with Crippen molar-refractivity contribution in [3.63, 3.8) is 0 Å². The van der Waals surface area contributed by atoms with Gasteiger partial charge in [-0.3, -0.25) is 10.1 Å². The first-order chi connectivity index (χ1) is 9.58. The van der Waals surface area contributed by atoms with Crippen molar-refractivity contribution < 1.29 is 4.79 Å². The second-order valence-electron chi connectivity index (χ2n) is 5.25. The fourth-order valence-corrected chi connectivity index (χ4v) is 4.59. The predicted molar refractivity (Wildman–Crippen MR) is 86.7 cm³/mol. The van der Waals surface area contributed by atoms with Gasteiger partial charge in [-0.15, -0.1) is 0 Å². The Morgan fingerprint density at radius 2 is 2.25 bits per heavy atom. The molecular formula is C14H17Br2N3O. The molecule has 0 aromatic heterocycles. The average Bonchev–Trinajstić information content (AvgIpc) is 3.02. The van der Waals surface area contributed by atoms with Crippen LogP contribution in [0, 0.1) is 0 Å². The fourth-order valence-electron chi connectivity index (χ4n) is 2.96. The molecular weight excluding hydrogens is 386 g/mol. The Morgan fingerprint density at radius 1 is 1.45 bits per heavy atom. The minimum atomic E-state index is -0.139. The highest BCUT2D eigenvalue weighted by Crippen LogP contribution is 2.40. The molecule has 1 aliphatic carbocycles. The van der Waals surface area contributed by atoms with E-state index >= 15 is 0 Å². The van der Waals surface area contributed by atoms with Crippen LogP contribution in [0.3, 0.4) is 0 Å². The Kier molecular flexibility index (Phi) is 4.06. The molecule has 2 N–H and O–H groups in total. The maximum absolute atomic E-state index is 11.6. The molecule has 0 spiro atoms. The summed E-state index contributed by atoms with van der Waals surface area (Å²) in [5.41, 5.74) is 3.83. The van der Waals surface area contributed by atoms with Gasteiger partial charge in [0.1, 0.15) is 0 Å². The van der Waals surface area contributed by atoms with Crippen LogP contribution in [-0.2, 0) is 17.6 Å². The summed E-state index contributed by atoms with van der Waals surface area (Å²) in [5.74, 6) is 0.0842. The van der Waals surface area contributed by atoms with E-state index < -0.39 is 0 Å². The number of nitrogens with zero attached hydrogens (tertiary/aromatic N) is 1. The third kappa shape index (κ3) is 2.49. The van der Waals surface area contributed by atoms with Crippen molar-refractivity contribution >= 4 is 43.5 Å². The number of carbonyl (C=O) groups excluding carboxylic acids is 1. The van der Waals surface area contributed by atoms with Crippen LogP contribution in [0.15, 0.2) is 15.0 Å². The van der Waals surface area contributed by atoms with E-state index in [-0.39, 0.29) is 12.2 Å². The highest BCUT2D eigenvalue weighted by molar-refractivity contribution is 9.11. The quantitative estimate of drug-likeness (QED) is 0.799. The van der Waals surface area contributed by atoms with Gasteiger partial charge >= 0.3 is 0 Å². The van der Waals surface area contributed by atoms with Gasteiger partial charge in [0, 0.05) is 29.0 Å². The smallest absolute Gasteiger partial charge is 0.222 e. The van der Waals surface area contributed by atoms with Crippen molar-refractivity contribution in [2.24, 2.45) is 0 Å². The summed E-state index contributed by atoms with van der Waals surface area (Å²) in [6.45, 7) is 3.17. The Bertz CT molecular complexity index is 562. The minimum Gasteiger partial charge on any atom is -0.351 e. The van der Waals surface area contributed by atoms with Crippen molar-refractivity contribution in [1.29, 1.82) is 0 Å². The van der Waals surface area contributed by atoms with Crippen molar-refractivity contribution in [3.8, 4) is 0 Å². The van der Waals surface area contributed by atoms with E-state index in [1.807, 2.05) is 4.90 Å². The normalized spacial score (nSPS) is 21.1. The van der Waals surface area contributed by atoms with E-state index in [2.05, 4.69) is 48.6 Å². The third-order valence-electron chi connectivity index (χ3n) is 3.97. The number of anilines is 1. The van der Waals surface area contributed by atoms with Gasteiger partial charge in [0.15, 0.2) is 6.29 Å². The second-order valence-corrected chi connectivity index (χ2v) is 6.90. The van der Waals surface area contributed by atoms with Crippen molar-refractivity contribution in [2.45, 2.75) is 32.5 Å². The summed E-state index contributed by atoms with van der Waals surface area (Å²) < 4.78 is 2.17. The molecule has 0 saturated carbocycles. The summed E-state index contributed by atoms with van der Waals surface area (Å²) in [5, 5.41) is 6.75. The molecule has 6 heteroatoms. The number of rotatable bonds is 2. The zero-order chi connectivity index (χ0) is 14.3. The summed E-state index contributed by atoms with van der Waals surface area (Å²) in [6.07, 6.45) is 3.34. The van der Waals surface area contributed by atoms with Gasteiger partial charge < -0.3 is 10.2 Å². The number of fused-ring (bicyclic) bond motifs is 1. The first-order valence-corrected chi connectivity index (χ1v) is 8.43. The van der Waals surface area contributed by atoms with Crippen LogP contribution >= 0.6 is 31.9 Å². The Morgan fingerprint density at radius 3 is 3.00 bits per heavy atom. The summed E-state index contributed by atoms with van der Waals surface area (Å²) in [4.78, 5) is 13.4. The molecule has 1 aromatic rings. The largest absolute Gasteiger partial charge is 0.351 e. The molecule has 3 rings (SSSR count). The zero-order valence-corrected chi connectivity index (χ0v) is 14.5. The molecule has 20 heavy (non-hydrogen) atoms. The van der Waals surface area contributed by atoms with Gasteiger partial charge in [-0.25, -0.2) is 0 Å². The number of nitrogens with one attached hydrogen (secondary N) is 2. The number of carbonyl (C=O) groups is 1. The van der Waals surface area contributed by atoms with Crippen molar-refractivity contribution in [2.75, 3.05) is 18.4 Å². The summed E-state index contributed by atoms with van der Waals surface area (Å²) in [6, 6.07) is 2.20. The average molecular weight is 403 g/mol. The molecule has 1 heterocycles. The minimum absolute atomic E-state index is 0.0842. The predicted octanol–water partition coefficient (Wildman–Crippen LogP) is 2.85. The number of amides is 1. The second kappa shape index (κ2) is 5.66. The zero-order valence-electron chi connectivity index (χ0n) is 11.3. The number of aryl methyl sites for hydroxylation is 1. The molecule has 1 saturated heterocycles. The number of halogens is 2. The van der Waals surface area contributed by atoms with Crippen molar-refractivity contribution in [1.82, 2.24) is 10.2 Å². The van der Waals surface area contributed by atoms with E-state index in [1.54, 1.807) is 6.92 Å². The van der Waals surface area contributed by atoms with E-state index in [0.29, 0.717) is 0 Å². The maximum Gasteiger partial charge on any atom is 0.222 e. The summed E-state index contributed by atoms with van der Waals surface area (Å²) >= 11 is 7.36. The van der Waals surface area contributed by atoms with E-state index in [0.717, 1.165) is 40.6 Å². The lowest BCUT2D eigenvalue weighted by Crippen LogP contribution is -2.44. The SMILES string of the molecule is CC(=O)N1CCNC1Nc1c(Br)cc2c(c1Br)CCC2. The lowest BCUT2D eigenvalue weighted by atomic mass is 10.1. The van der Waals surface area contributed by atoms with Crippen LogP contribution < -0.4 is 10.6 Å². The molecule has 4 nitrogen and oxygen atoms in total. The molecule has 1 aromatic carbocycles. The van der Waals surface area contributed by atoms with Crippen LogP contribution in [0.4, 0.5) is 5.69 Å². The monoisotopic (exact) mass is 401 g/mol. The van der Waals surface area contributed by atoms with Crippen LogP contribution in [0.5, 0.6) is 0 Å². The molecule has 2 aliphatic rings. The highest BCUT2D eigenvalue weighted by atomic mass is 79.9. The van der Waals surface area contributed by atoms with Crippen molar-refractivity contribution in [3.05, 3.63) is 26.1 Å². The first-order valence-electron chi connectivity index (χ1n) is 6.85. The molecule has 1 fully saturated rings. The standard InChI is InChI=1S/C14H17Br2N3O/c1-8(20)19-6-5-17-14(19)18-13-11(15)7-9-3-2-4-10(9)12(13)16/h7,14,17-18H,2-6H2,1H3. The van der Waals surface area contributed by atoms with Gasteiger partial charge in [0.25, 0.3) is 0 Å². The molecule has 1 unspecified atom stereocenters. The van der Waals surface area contributed by atoms with Gasteiger partial charge in [-0.1, -0.05) is 0 Å². The first kappa shape index (κ1) is 14.4. The Hall–Kier alpha value is -0.590. The topological polar surface area (TPSA) is 44.4 Å². The fraction of sp³-hybridized carbons (Fsp3) is 0.500. The molecule has 1 aliphatic heterocycles. The lowest BCUT2D eigenvalue weighted by Gasteiger charge is -2.26. The van der Waals surface area contributed by atoms with Gasteiger partial charge in [-0.2, -0.15) is 0 Å². The molecule has 0 bridgehead atoms. The van der Waals surface area contributed by atoms with E-state index in [1.165, 1.54) is 17.5 Å². The molecule has 0 radical (unpaired) electrons. The Labute approximate surface area is 135 Å². The van der Waals surface area contributed by atoms with Crippen LogP contribution in [0.1, 0.15) is 24.5 Å². The van der Waals surface area contributed by atoms with Gasteiger partial charge in [0.05, 0.1) is 5.69 Å². The van der Waals surface area contributed by atoms with Crippen LogP contribution in [0.25, 0.3) is 0 Å². The maximum atomic E-state index is 11.6.